The van der Waals surface area contributed by atoms with E-state index in [1.807, 2.05) is 6.92 Å². The SMILES string of the molecule is CC(=O)/C=C(\C)c1ccc(C2CCCCC2)c(Br)c1. The van der Waals surface area contributed by atoms with Gasteiger partial charge in [0, 0.05) is 4.47 Å². The topological polar surface area (TPSA) is 17.1 Å². The van der Waals surface area contributed by atoms with Gasteiger partial charge in [-0.2, -0.15) is 0 Å². The first-order chi connectivity index (χ1) is 9.08. The molecule has 0 saturated heterocycles. The van der Waals surface area contributed by atoms with Gasteiger partial charge in [-0.05, 0) is 61.4 Å². The van der Waals surface area contributed by atoms with Gasteiger partial charge in [0.2, 0.25) is 0 Å². The van der Waals surface area contributed by atoms with Gasteiger partial charge in [-0.15, -0.1) is 0 Å². The highest BCUT2D eigenvalue weighted by Crippen LogP contribution is 2.37. The molecule has 0 unspecified atom stereocenters. The van der Waals surface area contributed by atoms with Crippen LogP contribution in [-0.2, 0) is 4.79 Å². The maximum Gasteiger partial charge on any atom is 0.152 e. The number of benzene rings is 1. The van der Waals surface area contributed by atoms with Crippen LogP contribution in [0.4, 0.5) is 0 Å². The molecule has 0 spiro atoms. The van der Waals surface area contributed by atoms with E-state index in [0.717, 1.165) is 11.1 Å². The lowest BCUT2D eigenvalue weighted by molar-refractivity contribution is -0.112. The van der Waals surface area contributed by atoms with Gasteiger partial charge >= 0.3 is 0 Å². The minimum absolute atomic E-state index is 0.102. The van der Waals surface area contributed by atoms with Crippen LogP contribution in [0.1, 0.15) is 63.0 Å². The van der Waals surface area contributed by atoms with Crippen LogP contribution in [-0.4, -0.2) is 5.78 Å². The third-order valence-electron chi connectivity index (χ3n) is 3.92. The highest BCUT2D eigenvalue weighted by Gasteiger charge is 2.17. The molecule has 1 aromatic rings. The summed E-state index contributed by atoms with van der Waals surface area (Å²) >= 11 is 3.71. The van der Waals surface area contributed by atoms with Crippen LogP contribution in [0.15, 0.2) is 28.7 Å². The zero-order chi connectivity index (χ0) is 13.8. The monoisotopic (exact) mass is 320 g/mol. The van der Waals surface area contributed by atoms with Crippen molar-refractivity contribution < 1.29 is 4.79 Å². The minimum Gasteiger partial charge on any atom is -0.295 e. The fourth-order valence-electron chi connectivity index (χ4n) is 2.91. The smallest absolute Gasteiger partial charge is 0.152 e. The summed E-state index contributed by atoms with van der Waals surface area (Å²) in [6.07, 6.45) is 8.39. The van der Waals surface area contributed by atoms with Crippen molar-refractivity contribution in [3.63, 3.8) is 0 Å². The maximum atomic E-state index is 11.1. The standard InChI is InChI=1S/C17H21BrO/c1-12(10-13(2)19)15-8-9-16(17(18)11-15)14-6-4-3-5-7-14/h8-11,14H,3-7H2,1-2H3/b12-10+. The first-order valence-corrected chi connectivity index (χ1v) is 7.86. The van der Waals surface area contributed by atoms with Crippen molar-refractivity contribution in [3.8, 4) is 0 Å². The molecule has 2 heteroatoms. The van der Waals surface area contributed by atoms with E-state index in [-0.39, 0.29) is 5.78 Å². The molecule has 0 heterocycles. The van der Waals surface area contributed by atoms with Crippen molar-refractivity contribution in [3.05, 3.63) is 39.9 Å². The molecule has 0 aliphatic heterocycles. The zero-order valence-electron chi connectivity index (χ0n) is 11.7. The Bertz CT molecular complexity index is 496. The molecule has 2 rings (SSSR count). The lowest BCUT2D eigenvalue weighted by Gasteiger charge is -2.23. The van der Waals surface area contributed by atoms with Crippen molar-refractivity contribution in [2.75, 3.05) is 0 Å². The van der Waals surface area contributed by atoms with E-state index in [1.54, 1.807) is 13.0 Å². The van der Waals surface area contributed by atoms with Crippen LogP contribution < -0.4 is 0 Å². The summed E-state index contributed by atoms with van der Waals surface area (Å²) in [5.41, 5.74) is 3.59. The summed E-state index contributed by atoms with van der Waals surface area (Å²) < 4.78 is 1.19. The molecule has 0 bridgehead atoms. The van der Waals surface area contributed by atoms with Crippen molar-refractivity contribution in [1.29, 1.82) is 0 Å². The molecule has 0 aromatic heterocycles. The largest absolute Gasteiger partial charge is 0.295 e. The van der Waals surface area contributed by atoms with Crippen LogP contribution in [0.3, 0.4) is 0 Å². The normalized spacial score (nSPS) is 17.5. The van der Waals surface area contributed by atoms with E-state index in [4.69, 9.17) is 0 Å². The van der Waals surface area contributed by atoms with Crippen LogP contribution in [0.5, 0.6) is 0 Å². The van der Waals surface area contributed by atoms with Crippen molar-refractivity contribution in [2.24, 2.45) is 0 Å². The van der Waals surface area contributed by atoms with Gasteiger partial charge in [0.15, 0.2) is 5.78 Å². The molecule has 1 saturated carbocycles. The number of halogens is 1. The average Bonchev–Trinajstić information content (AvgIpc) is 2.38. The van der Waals surface area contributed by atoms with Gasteiger partial charge in [-0.1, -0.05) is 47.3 Å². The Kier molecular flexibility index (Phi) is 4.98. The van der Waals surface area contributed by atoms with Gasteiger partial charge in [0.25, 0.3) is 0 Å². The summed E-state index contributed by atoms with van der Waals surface area (Å²) in [6.45, 7) is 3.58. The number of rotatable bonds is 3. The molecule has 1 nitrogen and oxygen atoms in total. The maximum absolute atomic E-state index is 11.1. The second kappa shape index (κ2) is 6.51. The van der Waals surface area contributed by atoms with Gasteiger partial charge in [-0.3, -0.25) is 4.79 Å². The van der Waals surface area contributed by atoms with E-state index in [2.05, 4.69) is 34.1 Å². The Labute approximate surface area is 124 Å². The van der Waals surface area contributed by atoms with Crippen molar-refractivity contribution in [1.82, 2.24) is 0 Å². The highest BCUT2D eigenvalue weighted by molar-refractivity contribution is 9.10. The quantitative estimate of drug-likeness (QED) is 0.673. The van der Waals surface area contributed by atoms with E-state index >= 15 is 0 Å². The molecule has 102 valence electrons. The molecular weight excluding hydrogens is 300 g/mol. The van der Waals surface area contributed by atoms with Gasteiger partial charge in [0.1, 0.15) is 0 Å². The van der Waals surface area contributed by atoms with Crippen LogP contribution in [0.2, 0.25) is 0 Å². The molecular formula is C17H21BrO. The number of hydrogen-bond donors (Lipinski definition) is 0. The zero-order valence-corrected chi connectivity index (χ0v) is 13.3. The third-order valence-corrected chi connectivity index (χ3v) is 4.61. The Balaban J connectivity index is 2.23. The lowest BCUT2D eigenvalue weighted by Crippen LogP contribution is -2.05. The molecule has 19 heavy (non-hydrogen) atoms. The van der Waals surface area contributed by atoms with Gasteiger partial charge in [-0.25, -0.2) is 0 Å². The Morgan fingerprint density at radius 2 is 1.89 bits per heavy atom. The van der Waals surface area contributed by atoms with E-state index in [1.165, 1.54) is 42.1 Å². The molecule has 0 N–H and O–H groups in total. The Morgan fingerprint density at radius 1 is 1.21 bits per heavy atom. The number of hydrogen-bond acceptors (Lipinski definition) is 1. The number of carbonyl (C=O) groups is 1. The molecule has 0 radical (unpaired) electrons. The fraction of sp³-hybridized carbons (Fsp3) is 0.471. The molecule has 1 aliphatic carbocycles. The van der Waals surface area contributed by atoms with Crippen LogP contribution >= 0.6 is 15.9 Å². The predicted octanol–water partition coefficient (Wildman–Crippen LogP) is 5.49. The third kappa shape index (κ3) is 3.79. The van der Waals surface area contributed by atoms with E-state index < -0.39 is 0 Å². The molecule has 1 aromatic carbocycles. The van der Waals surface area contributed by atoms with Gasteiger partial charge in [0.05, 0.1) is 0 Å². The first-order valence-electron chi connectivity index (χ1n) is 7.06. The second-order valence-corrected chi connectivity index (χ2v) is 6.36. The van der Waals surface area contributed by atoms with Crippen molar-refractivity contribution >= 4 is 27.3 Å². The second-order valence-electron chi connectivity index (χ2n) is 5.51. The van der Waals surface area contributed by atoms with Crippen molar-refractivity contribution in [2.45, 2.75) is 51.9 Å². The van der Waals surface area contributed by atoms with E-state index in [0.29, 0.717) is 5.92 Å². The average molecular weight is 321 g/mol. The van der Waals surface area contributed by atoms with Gasteiger partial charge < -0.3 is 0 Å². The summed E-state index contributed by atoms with van der Waals surface area (Å²) in [5.74, 6) is 0.805. The first kappa shape index (κ1) is 14.5. The summed E-state index contributed by atoms with van der Waals surface area (Å²) in [4.78, 5) is 11.1. The molecule has 0 atom stereocenters. The van der Waals surface area contributed by atoms with E-state index in [9.17, 15) is 4.79 Å². The van der Waals surface area contributed by atoms with Crippen LogP contribution in [0.25, 0.3) is 5.57 Å². The van der Waals surface area contributed by atoms with Crippen LogP contribution in [0, 0.1) is 0 Å². The molecule has 1 fully saturated rings. The molecule has 1 aliphatic rings. The number of carbonyl (C=O) groups excluding carboxylic acids is 1. The predicted molar refractivity (Wildman–Crippen MR) is 84.3 cm³/mol. The number of allylic oxidation sites excluding steroid dienone is 2. The summed E-state index contributed by atoms with van der Waals surface area (Å²) in [5, 5.41) is 0. The Morgan fingerprint density at radius 3 is 2.47 bits per heavy atom. The summed E-state index contributed by atoms with van der Waals surface area (Å²) in [7, 11) is 0. The fourth-order valence-corrected chi connectivity index (χ4v) is 3.61. The number of ketones is 1. The minimum atomic E-state index is 0.102. The molecule has 0 amide bonds. The lowest BCUT2D eigenvalue weighted by atomic mass is 9.83. The highest BCUT2D eigenvalue weighted by atomic mass is 79.9. The Hall–Kier alpha value is -0.890. The summed E-state index contributed by atoms with van der Waals surface area (Å²) in [6, 6.07) is 6.52.